The Labute approximate surface area is 183 Å². The zero-order chi connectivity index (χ0) is 21.5. The summed E-state index contributed by atoms with van der Waals surface area (Å²) < 4.78 is 0. The number of aliphatic hydroxyl groups excluding tert-OH is 3. The lowest BCUT2D eigenvalue weighted by Crippen LogP contribution is -2.36. The van der Waals surface area contributed by atoms with Gasteiger partial charge in [-0.05, 0) is 104 Å². The van der Waals surface area contributed by atoms with Crippen LogP contribution in [0, 0.1) is 29.1 Å². The molecule has 0 aromatic rings. The normalized spacial score (nSPS) is 41.8. The first-order valence-corrected chi connectivity index (χ1v) is 12.4. The number of rotatable bonds is 6. The third-order valence-electron chi connectivity index (χ3n) is 9.07. The molecule has 0 bridgehead atoms. The molecular formula is C27H42O3. The highest BCUT2D eigenvalue weighted by Gasteiger charge is 2.50. The van der Waals surface area contributed by atoms with E-state index in [1.165, 1.54) is 44.9 Å². The Balaban J connectivity index is 1.44. The fourth-order valence-electron chi connectivity index (χ4n) is 7.03. The summed E-state index contributed by atoms with van der Waals surface area (Å²) in [6, 6.07) is 0. The molecule has 0 saturated heterocycles. The Morgan fingerprint density at radius 2 is 1.90 bits per heavy atom. The lowest BCUT2D eigenvalue weighted by Gasteiger charge is -2.44. The molecule has 3 heteroatoms. The second-order valence-corrected chi connectivity index (χ2v) is 11.1. The van der Waals surface area contributed by atoms with Crippen molar-refractivity contribution >= 4 is 0 Å². The molecule has 3 nitrogen and oxygen atoms in total. The van der Waals surface area contributed by atoms with Gasteiger partial charge in [-0.15, -0.1) is 0 Å². The van der Waals surface area contributed by atoms with Crippen molar-refractivity contribution in [3.8, 4) is 0 Å². The number of hydrogen-bond acceptors (Lipinski definition) is 3. The van der Waals surface area contributed by atoms with E-state index in [0.29, 0.717) is 36.0 Å². The van der Waals surface area contributed by atoms with Gasteiger partial charge in [-0.2, -0.15) is 0 Å². The topological polar surface area (TPSA) is 60.7 Å². The van der Waals surface area contributed by atoms with Gasteiger partial charge in [-0.1, -0.05) is 38.2 Å². The SMILES string of the molecule is C=C1/C(=C/C=C2\CCC[C@]3(C)[C@@H]([C@H](C)CC[C@@H](O)C4CC4)CC[C@@H]23)C[C@@H](O)C[C@@H]1O. The van der Waals surface area contributed by atoms with Crippen LogP contribution in [0.5, 0.6) is 0 Å². The predicted molar refractivity (Wildman–Crippen MR) is 122 cm³/mol. The summed E-state index contributed by atoms with van der Waals surface area (Å²) in [6.07, 6.45) is 15.2. The first kappa shape index (κ1) is 22.3. The molecule has 4 aliphatic carbocycles. The van der Waals surface area contributed by atoms with Crippen molar-refractivity contribution in [3.05, 3.63) is 35.5 Å². The smallest absolute Gasteiger partial charge is 0.0811 e. The van der Waals surface area contributed by atoms with Gasteiger partial charge < -0.3 is 15.3 Å². The maximum atomic E-state index is 10.3. The Morgan fingerprint density at radius 3 is 2.63 bits per heavy atom. The van der Waals surface area contributed by atoms with Gasteiger partial charge >= 0.3 is 0 Å². The van der Waals surface area contributed by atoms with E-state index in [9.17, 15) is 15.3 Å². The van der Waals surface area contributed by atoms with Gasteiger partial charge in [0.1, 0.15) is 0 Å². The third kappa shape index (κ3) is 4.49. The van der Waals surface area contributed by atoms with Crippen molar-refractivity contribution in [1.29, 1.82) is 0 Å². The molecule has 0 aromatic carbocycles. The molecule has 4 saturated carbocycles. The van der Waals surface area contributed by atoms with E-state index in [1.807, 2.05) is 0 Å². The molecule has 0 amide bonds. The van der Waals surface area contributed by atoms with E-state index in [-0.39, 0.29) is 6.10 Å². The standard InChI is InChI=1S/C27H42O3/c1-17(6-13-25(29)20-8-9-20)23-11-12-24-19(5-4-14-27(23,24)3)7-10-21-15-22(28)16-26(30)18(21)2/h7,10,17,20,22-26,28-30H,2,4-6,8-9,11-16H2,1,3H3/b19-7+,21-10+/t17-,22-,23-,24+,25-,26+,27-/m1/s1. The summed E-state index contributed by atoms with van der Waals surface area (Å²) in [5, 5.41) is 30.5. The molecule has 0 aromatic heterocycles. The van der Waals surface area contributed by atoms with Crippen LogP contribution in [0.15, 0.2) is 35.5 Å². The van der Waals surface area contributed by atoms with E-state index < -0.39 is 12.2 Å². The van der Waals surface area contributed by atoms with Crippen LogP contribution in [0.1, 0.15) is 84.5 Å². The molecule has 30 heavy (non-hydrogen) atoms. The molecule has 0 unspecified atom stereocenters. The van der Waals surface area contributed by atoms with Crippen molar-refractivity contribution in [2.24, 2.45) is 29.1 Å². The lowest BCUT2D eigenvalue weighted by molar-refractivity contribution is 0.0784. The number of allylic oxidation sites excluding steroid dienone is 3. The largest absolute Gasteiger partial charge is 0.393 e. The number of fused-ring (bicyclic) bond motifs is 1. The van der Waals surface area contributed by atoms with Gasteiger partial charge in [0, 0.05) is 6.42 Å². The summed E-state index contributed by atoms with van der Waals surface area (Å²) in [6.45, 7) is 9.01. The molecule has 0 heterocycles. The minimum atomic E-state index is -0.613. The van der Waals surface area contributed by atoms with Gasteiger partial charge in [0.25, 0.3) is 0 Å². The molecule has 4 rings (SSSR count). The van der Waals surface area contributed by atoms with Crippen molar-refractivity contribution in [3.63, 3.8) is 0 Å². The van der Waals surface area contributed by atoms with Gasteiger partial charge in [0.05, 0.1) is 18.3 Å². The summed E-state index contributed by atoms with van der Waals surface area (Å²) in [7, 11) is 0. The fraction of sp³-hybridized carbons (Fsp3) is 0.778. The van der Waals surface area contributed by atoms with Crippen molar-refractivity contribution < 1.29 is 15.3 Å². The monoisotopic (exact) mass is 414 g/mol. The summed E-state index contributed by atoms with van der Waals surface area (Å²) in [4.78, 5) is 0. The molecule has 3 N–H and O–H groups in total. The van der Waals surface area contributed by atoms with Gasteiger partial charge in [-0.25, -0.2) is 0 Å². The van der Waals surface area contributed by atoms with Gasteiger partial charge in [-0.3, -0.25) is 0 Å². The van der Waals surface area contributed by atoms with E-state index in [1.54, 1.807) is 5.57 Å². The van der Waals surface area contributed by atoms with Crippen LogP contribution >= 0.6 is 0 Å². The van der Waals surface area contributed by atoms with Crippen LogP contribution in [0.25, 0.3) is 0 Å². The van der Waals surface area contributed by atoms with Crippen LogP contribution in [-0.2, 0) is 0 Å². The van der Waals surface area contributed by atoms with E-state index >= 15 is 0 Å². The highest BCUT2D eigenvalue weighted by atomic mass is 16.3. The van der Waals surface area contributed by atoms with Crippen molar-refractivity contribution in [2.75, 3.05) is 0 Å². The van der Waals surface area contributed by atoms with E-state index in [4.69, 9.17) is 0 Å². The second-order valence-electron chi connectivity index (χ2n) is 11.1. The minimum Gasteiger partial charge on any atom is -0.393 e. The molecule has 4 aliphatic rings. The van der Waals surface area contributed by atoms with Crippen LogP contribution in [-0.4, -0.2) is 33.6 Å². The van der Waals surface area contributed by atoms with Gasteiger partial charge in [0.2, 0.25) is 0 Å². The predicted octanol–water partition coefficient (Wildman–Crippen LogP) is 5.31. The molecule has 168 valence electrons. The third-order valence-corrected chi connectivity index (χ3v) is 9.07. The summed E-state index contributed by atoms with van der Waals surface area (Å²) in [5.41, 5.74) is 3.72. The second kappa shape index (κ2) is 8.92. The quantitative estimate of drug-likeness (QED) is 0.552. The first-order valence-electron chi connectivity index (χ1n) is 12.4. The highest BCUT2D eigenvalue weighted by Crippen LogP contribution is 2.60. The molecule has 0 radical (unpaired) electrons. The zero-order valence-electron chi connectivity index (χ0n) is 19.0. The average Bonchev–Trinajstić information content (AvgIpc) is 3.49. The molecule has 4 fully saturated rings. The van der Waals surface area contributed by atoms with Crippen LogP contribution < -0.4 is 0 Å². The highest BCUT2D eigenvalue weighted by molar-refractivity contribution is 5.38. The van der Waals surface area contributed by atoms with Crippen LogP contribution in [0.3, 0.4) is 0 Å². The summed E-state index contributed by atoms with van der Waals surface area (Å²) >= 11 is 0. The molecular weight excluding hydrogens is 372 g/mol. The maximum absolute atomic E-state index is 10.3. The van der Waals surface area contributed by atoms with Crippen LogP contribution in [0.4, 0.5) is 0 Å². The molecule has 0 aliphatic heterocycles. The average molecular weight is 415 g/mol. The fourth-order valence-corrected chi connectivity index (χ4v) is 7.03. The number of hydrogen-bond donors (Lipinski definition) is 3. The first-order chi connectivity index (χ1) is 14.3. The Kier molecular flexibility index (Phi) is 6.63. The lowest BCUT2D eigenvalue weighted by atomic mass is 9.60. The molecule has 7 atom stereocenters. The van der Waals surface area contributed by atoms with Crippen molar-refractivity contribution in [2.45, 2.75) is 103 Å². The van der Waals surface area contributed by atoms with E-state index in [0.717, 1.165) is 29.9 Å². The van der Waals surface area contributed by atoms with Gasteiger partial charge in [0.15, 0.2) is 0 Å². The minimum absolute atomic E-state index is 0.0693. The number of aliphatic hydroxyl groups is 3. The Morgan fingerprint density at radius 1 is 1.13 bits per heavy atom. The van der Waals surface area contributed by atoms with E-state index in [2.05, 4.69) is 32.6 Å². The Hall–Kier alpha value is -0.900. The maximum Gasteiger partial charge on any atom is 0.0811 e. The zero-order valence-corrected chi connectivity index (χ0v) is 19.0. The van der Waals surface area contributed by atoms with Crippen molar-refractivity contribution in [1.82, 2.24) is 0 Å². The Bertz CT molecular complexity index is 703. The van der Waals surface area contributed by atoms with Crippen LogP contribution in [0.2, 0.25) is 0 Å². The summed E-state index contributed by atoms with van der Waals surface area (Å²) in [5.74, 6) is 2.66. The molecule has 0 spiro atoms.